The van der Waals surface area contributed by atoms with E-state index in [0.717, 1.165) is 25.6 Å². The first-order valence-electron chi connectivity index (χ1n) is 6.65. The largest absolute Gasteiger partial charge is 0.376 e. The van der Waals surface area contributed by atoms with Crippen LogP contribution in [-0.2, 0) is 4.74 Å². The number of nitrogens with zero attached hydrogens (tertiary/aromatic N) is 1. The van der Waals surface area contributed by atoms with Gasteiger partial charge in [0.2, 0.25) is 0 Å². The Bertz CT molecular complexity index is 216. The van der Waals surface area contributed by atoms with Gasteiger partial charge in [0.15, 0.2) is 0 Å². The van der Waals surface area contributed by atoms with Gasteiger partial charge in [-0.1, -0.05) is 13.8 Å². The van der Waals surface area contributed by atoms with Crippen LogP contribution in [0.1, 0.15) is 33.1 Å². The highest BCUT2D eigenvalue weighted by atomic mass is 19.1. The van der Waals surface area contributed by atoms with Crippen LogP contribution in [0.2, 0.25) is 0 Å². The lowest BCUT2D eigenvalue weighted by Crippen LogP contribution is -2.46. The van der Waals surface area contributed by atoms with Crippen LogP contribution in [0.4, 0.5) is 4.39 Å². The van der Waals surface area contributed by atoms with E-state index in [-0.39, 0.29) is 12.0 Å². The molecule has 2 fully saturated rings. The van der Waals surface area contributed by atoms with Gasteiger partial charge in [0, 0.05) is 25.5 Å². The average Bonchev–Trinajstić information content (AvgIpc) is 2.28. The number of likely N-dealkylation sites (tertiary alicyclic amines) is 1. The molecule has 16 heavy (non-hydrogen) atoms. The van der Waals surface area contributed by atoms with Crippen molar-refractivity contribution in [3.8, 4) is 0 Å². The van der Waals surface area contributed by atoms with E-state index < -0.39 is 6.17 Å². The van der Waals surface area contributed by atoms with Crippen molar-refractivity contribution in [3.05, 3.63) is 0 Å². The Morgan fingerprint density at radius 2 is 1.88 bits per heavy atom. The molecule has 0 aromatic heterocycles. The fourth-order valence-electron chi connectivity index (χ4n) is 2.70. The van der Waals surface area contributed by atoms with E-state index in [9.17, 15) is 4.39 Å². The van der Waals surface area contributed by atoms with Crippen molar-refractivity contribution < 1.29 is 9.13 Å². The number of piperidine rings is 1. The predicted octanol–water partition coefficient (Wildman–Crippen LogP) is 2.48. The monoisotopic (exact) mass is 229 g/mol. The first-order valence-corrected chi connectivity index (χ1v) is 6.65. The van der Waals surface area contributed by atoms with E-state index in [1.54, 1.807) is 0 Å². The Morgan fingerprint density at radius 3 is 2.56 bits per heavy atom. The number of ether oxygens (including phenoxy) is 1. The van der Waals surface area contributed by atoms with Crippen LogP contribution in [0.25, 0.3) is 0 Å². The molecular formula is C13H24FNO. The Balaban J connectivity index is 1.80. The molecule has 0 radical (unpaired) electrons. The second kappa shape index (κ2) is 5.46. The second-order valence-electron chi connectivity index (χ2n) is 5.56. The Kier molecular flexibility index (Phi) is 4.20. The lowest BCUT2D eigenvalue weighted by molar-refractivity contribution is -0.0749. The van der Waals surface area contributed by atoms with E-state index in [0.29, 0.717) is 13.0 Å². The number of hydrogen-bond donors (Lipinski definition) is 0. The molecule has 2 nitrogen and oxygen atoms in total. The highest BCUT2D eigenvalue weighted by molar-refractivity contribution is 4.82. The first-order chi connectivity index (χ1) is 7.66. The molecule has 0 aromatic rings. The van der Waals surface area contributed by atoms with Gasteiger partial charge in [-0.25, -0.2) is 4.39 Å². The van der Waals surface area contributed by atoms with Crippen LogP contribution in [0.3, 0.4) is 0 Å². The summed E-state index contributed by atoms with van der Waals surface area (Å²) in [5.74, 6) is 0.919. The van der Waals surface area contributed by atoms with Crippen molar-refractivity contribution in [2.24, 2.45) is 11.8 Å². The zero-order chi connectivity index (χ0) is 11.5. The summed E-state index contributed by atoms with van der Waals surface area (Å²) in [5, 5.41) is 0. The number of alkyl halides is 1. The summed E-state index contributed by atoms with van der Waals surface area (Å²) < 4.78 is 19.3. The lowest BCUT2D eigenvalue weighted by Gasteiger charge is -2.38. The van der Waals surface area contributed by atoms with Crippen LogP contribution in [0.5, 0.6) is 0 Å². The molecule has 3 atom stereocenters. The average molecular weight is 229 g/mol. The summed E-state index contributed by atoms with van der Waals surface area (Å²) in [6.45, 7) is 8.14. The van der Waals surface area contributed by atoms with Gasteiger partial charge in [-0.3, -0.25) is 0 Å². The molecule has 94 valence electrons. The standard InChI is InChI=1S/C13H24FNO/c1-10-3-6-15(7-4-10)9-13-11(2)12(14)5-8-16-13/h10-13H,3-9H2,1-2H3/t11-,12-,13+/m1/s1. The van der Waals surface area contributed by atoms with Crippen molar-refractivity contribution in [3.63, 3.8) is 0 Å². The molecule has 2 rings (SSSR count). The molecule has 0 spiro atoms. The molecule has 0 bridgehead atoms. The third-order valence-corrected chi connectivity index (χ3v) is 4.20. The third kappa shape index (κ3) is 2.95. The predicted molar refractivity (Wildman–Crippen MR) is 63.3 cm³/mol. The maximum atomic E-state index is 13.5. The Hall–Kier alpha value is -0.150. The SMILES string of the molecule is CC1CCN(C[C@@H]2OCC[C@@H](F)[C@H]2C)CC1. The molecule has 0 N–H and O–H groups in total. The minimum absolute atomic E-state index is 0.0631. The zero-order valence-corrected chi connectivity index (χ0v) is 10.5. The van der Waals surface area contributed by atoms with Crippen molar-refractivity contribution in [2.45, 2.75) is 45.4 Å². The van der Waals surface area contributed by atoms with Gasteiger partial charge >= 0.3 is 0 Å². The number of halogens is 1. The van der Waals surface area contributed by atoms with E-state index in [2.05, 4.69) is 11.8 Å². The lowest BCUT2D eigenvalue weighted by atomic mass is 9.92. The van der Waals surface area contributed by atoms with Gasteiger partial charge in [0.05, 0.1) is 6.10 Å². The molecule has 0 aliphatic carbocycles. The molecule has 2 aliphatic heterocycles. The zero-order valence-electron chi connectivity index (χ0n) is 10.5. The van der Waals surface area contributed by atoms with Gasteiger partial charge in [0.1, 0.15) is 6.17 Å². The summed E-state index contributed by atoms with van der Waals surface area (Å²) >= 11 is 0. The topological polar surface area (TPSA) is 12.5 Å². The maximum Gasteiger partial charge on any atom is 0.107 e. The van der Waals surface area contributed by atoms with Crippen LogP contribution < -0.4 is 0 Å². The second-order valence-corrected chi connectivity index (χ2v) is 5.56. The van der Waals surface area contributed by atoms with E-state index >= 15 is 0 Å². The minimum atomic E-state index is -0.664. The molecule has 0 aromatic carbocycles. The van der Waals surface area contributed by atoms with Gasteiger partial charge in [0.25, 0.3) is 0 Å². The van der Waals surface area contributed by atoms with E-state index in [4.69, 9.17) is 4.74 Å². The summed E-state index contributed by atoms with van der Waals surface area (Å²) in [4.78, 5) is 2.44. The minimum Gasteiger partial charge on any atom is -0.376 e. The van der Waals surface area contributed by atoms with Gasteiger partial charge < -0.3 is 9.64 Å². The maximum absolute atomic E-state index is 13.5. The summed E-state index contributed by atoms with van der Waals surface area (Å²) in [7, 11) is 0. The summed E-state index contributed by atoms with van der Waals surface area (Å²) in [6, 6.07) is 0. The first kappa shape index (κ1) is 12.3. The molecule has 0 amide bonds. The Morgan fingerprint density at radius 1 is 1.19 bits per heavy atom. The van der Waals surface area contributed by atoms with Crippen LogP contribution in [0.15, 0.2) is 0 Å². The van der Waals surface area contributed by atoms with Crippen LogP contribution >= 0.6 is 0 Å². The highest BCUT2D eigenvalue weighted by Gasteiger charge is 2.32. The number of rotatable bonds is 2. The van der Waals surface area contributed by atoms with E-state index in [1.165, 1.54) is 12.8 Å². The molecule has 0 unspecified atom stereocenters. The quantitative estimate of drug-likeness (QED) is 0.721. The molecule has 2 heterocycles. The van der Waals surface area contributed by atoms with Crippen LogP contribution in [-0.4, -0.2) is 43.4 Å². The highest BCUT2D eigenvalue weighted by Crippen LogP contribution is 2.25. The van der Waals surface area contributed by atoms with Crippen molar-refractivity contribution in [1.29, 1.82) is 0 Å². The van der Waals surface area contributed by atoms with Crippen LogP contribution in [0, 0.1) is 11.8 Å². The summed E-state index contributed by atoms with van der Waals surface area (Å²) in [6.07, 6.45) is 2.58. The van der Waals surface area contributed by atoms with Gasteiger partial charge in [-0.15, -0.1) is 0 Å². The smallest absolute Gasteiger partial charge is 0.107 e. The fraction of sp³-hybridized carbons (Fsp3) is 1.00. The third-order valence-electron chi connectivity index (χ3n) is 4.20. The molecule has 3 heteroatoms. The normalized spacial score (nSPS) is 38.8. The molecule has 2 aliphatic rings. The van der Waals surface area contributed by atoms with Gasteiger partial charge in [-0.2, -0.15) is 0 Å². The molecular weight excluding hydrogens is 205 g/mol. The van der Waals surface area contributed by atoms with Crippen molar-refractivity contribution >= 4 is 0 Å². The molecule has 0 saturated carbocycles. The Labute approximate surface area is 98.1 Å². The van der Waals surface area contributed by atoms with E-state index in [1.807, 2.05) is 6.92 Å². The fourth-order valence-corrected chi connectivity index (χ4v) is 2.70. The summed E-state index contributed by atoms with van der Waals surface area (Å²) in [5.41, 5.74) is 0. The van der Waals surface area contributed by atoms with Gasteiger partial charge in [-0.05, 0) is 31.8 Å². The number of hydrogen-bond acceptors (Lipinski definition) is 2. The van der Waals surface area contributed by atoms with Crippen molar-refractivity contribution in [2.75, 3.05) is 26.2 Å². The van der Waals surface area contributed by atoms with Crippen molar-refractivity contribution in [1.82, 2.24) is 4.90 Å². The molecule has 2 saturated heterocycles.